The van der Waals surface area contributed by atoms with Gasteiger partial charge in [0.15, 0.2) is 0 Å². The molecular weight excluding hydrogens is 360 g/mol. The molecule has 2 amide bonds. The zero-order chi connectivity index (χ0) is 20.9. The van der Waals surface area contributed by atoms with E-state index in [0.29, 0.717) is 18.7 Å². The van der Waals surface area contributed by atoms with Crippen LogP contribution in [-0.2, 0) is 11.2 Å². The van der Waals surface area contributed by atoms with Crippen molar-refractivity contribution in [1.82, 2.24) is 9.80 Å². The number of terminal acetylenes is 1. The molecule has 28 heavy (non-hydrogen) atoms. The van der Waals surface area contributed by atoms with Crippen molar-refractivity contribution in [2.45, 2.75) is 52.2 Å². The van der Waals surface area contributed by atoms with Gasteiger partial charge in [0, 0.05) is 6.54 Å². The number of carbonyl (C=O) groups excluding carboxylic acids is 2. The Morgan fingerprint density at radius 2 is 2.04 bits per heavy atom. The lowest BCUT2D eigenvalue weighted by atomic mass is 10.1. The van der Waals surface area contributed by atoms with Gasteiger partial charge in [0.2, 0.25) is 0 Å². The molecule has 0 radical (unpaired) electrons. The SMILES string of the molecule is C#CCN(C(=O)OC(C)(C)C)[C@@H]1CCc2ccc(OC(=O)N(CC)CO)cc21. The third-order valence-corrected chi connectivity index (χ3v) is 4.45. The van der Waals surface area contributed by atoms with E-state index in [-0.39, 0.29) is 12.6 Å². The molecule has 1 atom stereocenters. The van der Waals surface area contributed by atoms with E-state index in [2.05, 4.69) is 5.92 Å². The first-order valence-electron chi connectivity index (χ1n) is 9.33. The number of ether oxygens (including phenoxy) is 2. The van der Waals surface area contributed by atoms with E-state index in [1.807, 2.05) is 6.07 Å². The Hall–Kier alpha value is -2.72. The fourth-order valence-corrected chi connectivity index (χ4v) is 3.12. The highest BCUT2D eigenvalue weighted by Gasteiger charge is 2.33. The van der Waals surface area contributed by atoms with E-state index >= 15 is 0 Å². The maximum absolute atomic E-state index is 12.7. The zero-order valence-electron chi connectivity index (χ0n) is 16.9. The lowest BCUT2D eigenvalue weighted by Crippen LogP contribution is -2.39. The fraction of sp³-hybridized carbons (Fsp3) is 0.524. The highest BCUT2D eigenvalue weighted by molar-refractivity contribution is 5.71. The molecule has 0 spiro atoms. The van der Waals surface area contributed by atoms with Gasteiger partial charge in [0.1, 0.15) is 18.1 Å². The van der Waals surface area contributed by atoms with Gasteiger partial charge in [-0.05, 0) is 63.8 Å². The molecule has 7 heteroatoms. The minimum atomic E-state index is -0.632. The first kappa shape index (κ1) is 21.6. The first-order chi connectivity index (χ1) is 13.2. The van der Waals surface area contributed by atoms with Crippen molar-refractivity contribution in [2.24, 2.45) is 0 Å². The van der Waals surface area contributed by atoms with Crippen molar-refractivity contribution in [2.75, 3.05) is 19.8 Å². The van der Waals surface area contributed by atoms with Crippen LogP contribution in [0.2, 0.25) is 0 Å². The number of benzene rings is 1. The third kappa shape index (κ3) is 5.17. The second-order valence-corrected chi connectivity index (χ2v) is 7.59. The summed E-state index contributed by atoms with van der Waals surface area (Å²) in [7, 11) is 0. The van der Waals surface area contributed by atoms with Crippen LogP contribution in [0.25, 0.3) is 0 Å². The van der Waals surface area contributed by atoms with Crippen LogP contribution in [0.4, 0.5) is 9.59 Å². The number of amides is 2. The number of hydrogen-bond acceptors (Lipinski definition) is 5. The van der Waals surface area contributed by atoms with Gasteiger partial charge in [-0.2, -0.15) is 0 Å². The second kappa shape index (κ2) is 8.98. The Labute approximate surface area is 166 Å². The molecule has 2 rings (SSSR count). The van der Waals surface area contributed by atoms with Crippen LogP contribution in [0, 0.1) is 12.3 Å². The number of aliphatic hydroxyl groups is 1. The van der Waals surface area contributed by atoms with Gasteiger partial charge in [-0.25, -0.2) is 9.59 Å². The predicted octanol–water partition coefficient (Wildman–Crippen LogP) is 3.31. The number of hydrogen-bond donors (Lipinski definition) is 1. The fourth-order valence-electron chi connectivity index (χ4n) is 3.12. The maximum Gasteiger partial charge on any atom is 0.417 e. The van der Waals surface area contributed by atoms with E-state index < -0.39 is 24.5 Å². The van der Waals surface area contributed by atoms with Crippen LogP contribution in [0.5, 0.6) is 5.75 Å². The minimum Gasteiger partial charge on any atom is -0.444 e. The zero-order valence-corrected chi connectivity index (χ0v) is 16.9. The van der Waals surface area contributed by atoms with Crippen LogP contribution in [-0.4, -0.2) is 52.5 Å². The van der Waals surface area contributed by atoms with Crippen molar-refractivity contribution >= 4 is 12.2 Å². The average molecular weight is 388 g/mol. The molecule has 0 aliphatic heterocycles. The van der Waals surface area contributed by atoms with Gasteiger partial charge in [0.05, 0.1) is 12.6 Å². The van der Waals surface area contributed by atoms with E-state index in [4.69, 9.17) is 15.9 Å². The highest BCUT2D eigenvalue weighted by Crippen LogP contribution is 2.38. The molecule has 0 heterocycles. The van der Waals surface area contributed by atoms with Crippen molar-refractivity contribution in [1.29, 1.82) is 0 Å². The topological polar surface area (TPSA) is 79.3 Å². The highest BCUT2D eigenvalue weighted by atomic mass is 16.6. The van der Waals surface area contributed by atoms with Gasteiger partial charge >= 0.3 is 12.2 Å². The molecular formula is C21H28N2O5. The molecule has 1 aromatic rings. The van der Waals surface area contributed by atoms with Gasteiger partial charge in [-0.15, -0.1) is 6.42 Å². The lowest BCUT2D eigenvalue weighted by Gasteiger charge is -2.31. The molecule has 1 aromatic carbocycles. The predicted molar refractivity (Wildman–Crippen MR) is 105 cm³/mol. The normalized spacial score (nSPS) is 15.4. The van der Waals surface area contributed by atoms with Crippen LogP contribution in [0.3, 0.4) is 0 Å². The van der Waals surface area contributed by atoms with Crippen LogP contribution in [0.15, 0.2) is 18.2 Å². The van der Waals surface area contributed by atoms with E-state index in [1.165, 1.54) is 4.90 Å². The molecule has 1 aliphatic carbocycles. The Morgan fingerprint density at radius 1 is 1.32 bits per heavy atom. The molecule has 1 N–H and O–H groups in total. The van der Waals surface area contributed by atoms with Crippen molar-refractivity contribution in [3.05, 3.63) is 29.3 Å². The van der Waals surface area contributed by atoms with Gasteiger partial charge in [0.25, 0.3) is 0 Å². The Morgan fingerprint density at radius 3 is 2.61 bits per heavy atom. The number of nitrogens with zero attached hydrogens (tertiary/aromatic N) is 2. The van der Waals surface area contributed by atoms with Crippen LogP contribution < -0.4 is 4.74 Å². The summed E-state index contributed by atoms with van der Waals surface area (Å²) in [5.41, 5.74) is 1.33. The Balaban J connectivity index is 2.25. The Kier molecular flexibility index (Phi) is 6.92. The van der Waals surface area contributed by atoms with Crippen molar-refractivity contribution in [3.63, 3.8) is 0 Å². The number of fused-ring (bicyclic) bond motifs is 1. The average Bonchev–Trinajstić information content (AvgIpc) is 3.02. The summed E-state index contributed by atoms with van der Waals surface area (Å²) in [6, 6.07) is 5.10. The number of carbonyl (C=O) groups is 2. The van der Waals surface area contributed by atoms with E-state index in [1.54, 1.807) is 39.8 Å². The molecule has 0 unspecified atom stereocenters. The summed E-state index contributed by atoms with van der Waals surface area (Å²) in [6.45, 7) is 7.19. The first-order valence-corrected chi connectivity index (χ1v) is 9.33. The van der Waals surface area contributed by atoms with Crippen LogP contribution >= 0.6 is 0 Å². The summed E-state index contributed by atoms with van der Waals surface area (Å²) in [5.74, 6) is 2.88. The monoisotopic (exact) mass is 388 g/mol. The van der Waals surface area contributed by atoms with Gasteiger partial charge < -0.3 is 14.6 Å². The van der Waals surface area contributed by atoms with Crippen molar-refractivity contribution < 1.29 is 24.2 Å². The smallest absolute Gasteiger partial charge is 0.417 e. The molecule has 0 saturated carbocycles. The molecule has 0 fully saturated rings. The van der Waals surface area contributed by atoms with Crippen LogP contribution in [0.1, 0.15) is 51.3 Å². The third-order valence-electron chi connectivity index (χ3n) is 4.45. The molecule has 152 valence electrons. The number of aryl methyl sites for hydroxylation is 1. The summed E-state index contributed by atoms with van der Waals surface area (Å²) < 4.78 is 10.9. The second-order valence-electron chi connectivity index (χ2n) is 7.59. The van der Waals surface area contributed by atoms with Gasteiger partial charge in [-0.3, -0.25) is 9.80 Å². The standard InChI is InChI=1S/C21H28N2O5/c1-6-12-23(20(26)28-21(3,4)5)18-11-9-15-8-10-16(13-17(15)18)27-19(25)22(7-2)14-24/h1,8,10,13,18,24H,7,9,11-12,14H2,2-5H3/t18-/m1/s1. The molecule has 0 bridgehead atoms. The number of rotatable bonds is 5. The van der Waals surface area contributed by atoms with E-state index in [0.717, 1.165) is 22.4 Å². The number of aliphatic hydroxyl groups excluding tert-OH is 1. The summed E-state index contributed by atoms with van der Waals surface area (Å²) in [4.78, 5) is 27.5. The largest absolute Gasteiger partial charge is 0.444 e. The van der Waals surface area contributed by atoms with Crippen molar-refractivity contribution in [3.8, 4) is 18.1 Å². The quantitative estimate of drug-likeness (QED) is 0.618. The summed E-state index contributed by atoms with van der Waals surface area (Å²) in [6.07, 6.45) is 5.88. The molecule has 0 saturated heterocycles. The maximum atomic E-state index is 12.7. The summed E-state index contributed by atoms with van der Waals surface area (Å²) >= 11 is 0. The van der Waals surface area contributed by atoms with E-state index in [9.17, 15) is 14.7 Å². The molecule has 7 nitrogen and oxygen atoms in total. The minimum absolute atomic E-state index is 0.122. The Bertz CT molecular complexity index is 759. The van der Waals surface area contributed by atoms with Gasteiger partial charge in [-0.1, -0.05) is 12.0 Å². The summed E-state index contributed by atoms with van der Waals surface area (Å²) in [5, 5.41) is 9.21. The molecule has 1 aliphatic rings. The lowest BCUT2D eigenvalue weighted by molar-refractivity contribution is 0.0190. The molecule has 0 aromatic heterocycles.